The lowest BCUT2D eigenvalue weighted by molar-refractivity contribution is 0.0468. The van der Waals surface area contributed by atoms with Crippen molar-refractivity contribution in [3.8, 4) is 0 Å². The zero-order valence-electron chi connectivity index (χ0n) is 12.9. The smallest absolute Gasteiger partial charge is 0.194 e. The maximum Gasteiger partial charge on any atom is 0.194 e. The van der Waals surface area contributed by atoms with E-state index in [-0.39, 0.29) is 0 Å². The van der Waals surface area contributed by atoms with Crippen LogP contribution in [0.1, 0.15) is 26.2 Å². The molecule has 0 unspecified atom stereocenters. The highest BCUT2D eigenvalue weighted by Crippen LogP contribution is 2.09. The summed E-state index contributed by atoms with van der Waals surface area (Å²) in [7, 11) is -1.93. The summed E-state index contributed by atoms with van der Waals surface area (Å²) < 4.78 is 17.0. The predicted molar refractivity (Wildman–Crippen MR) is 82.0 cm³/mol. The molecule has 3 nitrogen and oxygen atoms in total. The largest absolute Gasteiger partial charge is 0.456 e. The summed E-state index contributed by atoms with van der Waals surface area (Å²) in [5, 5.41) is 0. The van der Waals surface area contributed by atoms with Crippen LogP contribution in [0.2, 0.25) is 32.2 Å². The van der Waals surface area contributed by atoms with Gasteiger partial charge >= 0.3 is 0 Å². The Labute approximate surface area is 116 Å². The molecule has 0 bridgehead atoms. The fraction of sp³-hybridized carbons (Fsp3) is 1.00. The highest BCUT2D eigenvalue weighted by molar-refractivity contribution is 6.77. The van der Waals surface area contributed by atoms with E-state index in [4.69, 9.17) is 13.6 Å². The molecule has 0 saturated carbocycles. The van der Waals surface area contributed by atoms with E-state index in [1.165, 1.54) is 12.5 Å². The molecule has 109 valence electrons. The van der Waals surface area contributed by atoms with Crippen LogP contribution in [0.5, 0.6) is 0 Å². The molecule has 0 spiro atoms. The van der Waals surface area contributed by atoms with Crippen molar-refractivity contribution < 1.29 is 13.6 Å². The molecule has 0 aliphatic rings. The summed E-state index contributed by atoms with van der Waals surface area (Å²) >= 11 is 0. The Kier molecular flexibility index (Phi) is 11.4. The second kappa shape index (κ2) is 11.2. The second-order valence-electron chi connectivity index (χ2n) is 5.60. The van der Waals surface area contributed by atoms with E-state index in [9.17, 15) is 0 Å². The molecular weight excluding hydrogens is 260 g/mol. The molecule has 0 rings (SSSR count). The van der Waals surface area contributed by atoms with Gasteiger partial charge in [-0.05, 0) is 45.1 Å². The average Bonchev–Trinajstić information content (AvgIpc) is 2.24. The number of rotatable bonds is 12. The Bertz CT molecular complexity index is 184. The van der Waals surface area contributed by atoms with E-state index in [1.54, 1.807) is 0 Å². The van der Waals surface area contributed by atoms with Crippen molar-refractivity contribution >= 4 is 17.4 Å². The molecule has 0 aliphatic carbocycles. The topological polar surface area (TPSA) is 27.7 Å². The van der Waals surface area contributed by atoms with Gasteiger partial charge in [-0.1, -0.05) is 13.3 Å². The highest BCUT2D eigenvalue weighted by atomic mass is 28.4. The molecule has 0 aliphatic heterocycles. The molecule has 0 aromatic heterocycles. The summed E-state index contributed by atoms with van der Waals surface area (Å²) in [5.74, 6) is 0. The molecule has 0 amide bonds. The fourth-order valence-electron chi connectivity index (χ4n) is 1.57. The molecule has 0 heterocycles. The van der Waals surface area contributed by atoms with Gasteiger partial charge in [0.15, 0.2) is 17.4 Å². The number of unbranched alkanes of at least 4 members (excludes halogenated alkanes) is 1. The monoisotopic (exact) mass is 291 g/mol. The average molecular weight is 292 g/mol. The van der Waals surface area contributed by atoms with Crippen LogP contribution in [0.25, 0.3) is 0 Å². The Morgan fingerprint density at radius 3 is 1.94 bits per heavy atom. The van der Waals surface area contributed by atoms with Crippen LogP contribution >= 0.6 is 0 Å². The third kappa shape index (κ3) is 14.4. The van der Waals surface area contributed by atoms with Crippen molar-refractivity contribution in [2.24, 2.45) is 0 Å². The van der Waals surface area contributed by atoms with Gasteiger partial charge in [0.25, 0.3) is 0 Å². The van der Waals surface area contributed by atoms with Crippen LogP contribution in [0.15, 0.2) is 0 Å². The van der Waals surface area contributed by atoms with E-state index >= 15 is 0 Å². The van der Waals surface area contributed by atoms with Crippen molar-refractivity contribution in [1.29, 1.82) is 0 Å². The number of hydrogen-bond donors (Lipinski definition) is 0. The van der Waals surface area contributed by atoms with Crippen LogP contribution in [0.4, 0.5) is 0 Å². The maximum absolute atomic E-state index is 6.07. The molecular formula is C13H31O3Si2. The zero-order chi connectivity index (χ0) is 13.9. The van der Waals surface area contributed by atoms with Crippen LogP contribution in [0.3, 0.4) is 0 Å². The molecule has 0 aromatic carbocycles. The first kappa shape index (κ1) is 18.3. The van der Waals surface area contributed by atoms with Crippen molar-refractivity contribution in [2.75, 3.05) is 26.4 Å². The quantitative estimate of drug-likeness (QED) is 0.405. The van der Waals surface area contributed by atoms with Crippen molar-refractivity contribution in [3.05, 3.63) is 0 Å². The van der Waals surface area contributed by atoms with E-state index in [0.717, 1.165) is 39.3 Å². The molecule has 1 radical (unpaired) electrons. The van der Waals surface area contributed by atoms with E-state index in [0.29, 0.717) is 0 Å². The lowest BCUT2D eigenvalue weighted by atomic mass is 10.4. The Morgan fingerprint density at radius 2 is 1.44 bits per heavy atom. The molecule has 0 aromatic rings. The minimum Gasteiger partial charge on any atom is -0.456 e. The SMILES string of the molecule is CCCCOCCOCCC[Si](C)O[Si](C)(C)C. The Balaban J connectivity index is 3.20. The maximum atomic E-state index is 6.07. The predicted octanol–water partition coefficient (Wildman–Crippen LogP) is 3.68. The standard InChI is InChI=1S/C13H31O3Si2/c1-6-7-9-14-11-12-15-10-8-13-17(2)16-18(3,4)5/h6-13H2,1-5H3. The summed E-state index contributed by atoms with van der Waals surface area (Å²) in [6.07, 6.45) is 3.46. The van der Waals surface area contributed by atoms with Gasteiger partial charge in [-0.2, -0.15) is 0 Å². The minimum atomic E-state index is -1.33. The normalized spacial score (nSPS) is 12.3. The van der Waals surface area contributed by atoms with E-state index in [1.807, 2.05) is 0 Å². The van der Waals surface area contributed by atoms with Gasteiger partial charge in [0.05, 0.1) is 13.2 Å². The van der Waals surface area contributed by atoms with Gasteiger partial charge in [0.2, 0.25) is 0 Å². The van der Waals surface area contributed by atoms with Crippen molar-refractivity contribution in [1.82, 2.24) is 0 Å². The zero-order valence-corrected chi connectivity index (χ0v) is 14.9. The Morgan fingerprint density at radius 1 is 0.889 bits per heavy atom. The van der Waals surface area contributed by atoms with Gasteiger partial charge in [0, 0.05) is 13.2 Å². The van der Waals surface area contributed by atoms with Crippen LogP contribution < -0.4 is 0 Å². The van der Waals surface area contributed by atoms with Gasteiger partial charge in [-0.3, -0.25) is 0 Å². The van der Waals surface area contributed by atoms with Gasteiger partial charge in [-0.15, -0.1) is 0 Å². The molecule has 18 heavy (non-hydrogen) atoms. The second-order valence-corrected chi connectivity index (χ2v) is 12.5. The summed E-state index contributed by atoms with van der Waals surface area (Å²) in [4.78, 5) is 0. The highest BCUT2D eigenvalue weighted by Gasteiger charge is 2.18. The van der Waals surface area contributed by atoms with Crippen molar-refractivity contribution in [2.45, 2.75) is 58.4 Å². The first-order valence-corrected chi connectivity index (χ1v) is 12.6. The number of ether oxygens (including phenoxy) is 2. The van der Waals surface area contributed by atoms with Crippen molar-refractivity contribution in [3.63, 3.8) is 0 Å². The first-order valence-electron chi connectivity index (χ1n) is 7.12. The fourth-order valence-corrected chi connectivity index (χ4v) is 6.80. The minimum absolute atomic E-state index is 0.601. The Hall–Kier alpha value is 0.314. The third-order valence-corrected chi connectivity index (χ3v) is 7.21. The van der Waals surface area contributed by atoms with E-state index < -0.39 is 17.4 Å². The molecule has 0 saturated heterocycles. The summed E-state index contributed by atoms with van der Waals surface area (Å²) in [6, 6.07) is 1.19. The number of hydrogen-bond acceptors (Lipinski definition) is 3. The summed E-state index contributed by atoms with van der Waals surface area (Å²) in [5.41, 5.74) is 0. The first-order chi connectivity index (χ1) is 8.45. The lowest BCUT2D eigenvalue weighted by Gasteiger charge is -2.22. The third-order valence-electron chi connectivity index (χ3n) is 2.31. The van der Waals surface area contributed by atoms with Gasteiger partial charge < -0.3 is 13.6 Å². The van der Waals surface area contributed by atoms with Crippen LogP contribution in [-0.2, 0) is 13.6 Å². The van der Waals surface area contributed by atoms with Crippen LogP contribution in [0, 0.1) is 0 Å². The van der Waals surface area contributed by atoms with Crippen LogP contribution in [-0.4, -0.2) is 43.8 Å². The van der Waals surface area contributed by atoms with Gasteiger partial charge in [-0.25, -0.2) is 0 Å². The van der Waals surface area contributed by atoms with E-state index in [2.05, 4.69) is 33.1 Å². The lowest BCUT2D eigenvalue weighted by Crippen LogP contribution is -2.33. The van der Waals surface area contributed by atoms with Gasteiger partial charge in [0.1, 0.15) is 0 Å². The molecule has 5 heteroatoms. The molecule has 0 N–H and O–H groups in total. The summed E-state index contributed by atoms with van der Waals surface area (Å²) in [6.45, 7) is 14.4. The molecule has 0 atom stereocenters. The molecule has 0 fully saturated rings.